The molecule has 0 saturated heterocycles. The molecule has 0 heterocycles. The van der Waals surface area contributed by atoms with Crippen LogP contribution >= 0.6 is 0 Å². The first-order valence-corrected chi connectivity index (χ1v) is 7.54. The molecule has 0 bridgehead atoms. The molecule has 6 nitrogen and oxygen atoms in total. The molecule has 0 fully saturated rings. The molecule has 2 aromatic rings. The number of anilines is 1. The van der Waals surface area contributed by atoms with Crippen molar-refractivity contribution in [2.75, 3.05) is 25.6 Å². The van der Waals surface area contributed by atoms with Crippen LogP contribution in [0.15, 0.2) is 53.7 Å². The van der Waals surface area contributed by atoms with Gasteiger partial charge in [0.25, 0.3) is 5.91 Å². The molecule has 0 aliphatic heterocycles. The van der Waals surface area contributed by atoms with E-state index in [1.807, 2.05) is 43.3 Å². The fourth-order valence-electron chi connectivity index (χ4n) is 1.95. The zero-order valence-corrected chi connectivity index (χ0v) is 13.7. The normalized spacial score (nSPS) is 10.4. The van der Waals surface area contributed by atoms with E-state index in [-0.39, 0.29) is 12.5 Å². The Kier molecular flexibility index (Phi) is 6.64. The number of methoxy groups -OCH3 is 1. The number of carbonyl (C=O) groups is 1. The maximum Gasteiger partial charge on any atom is 0.265 e. The van der Waals surface area contributed by atoms with Gasteiger partial charge in [-0.3, -0.25) is 4.79 Å². The van der Waals surface area contributed by atoms with Gasteiger partial charge >= 0.3 is 0 Å². The van der Waals surface area contributed by atoms with Gasteiger partial charge < -0.3 is 19.6 Å². The van der Waals surface area contributed by atoms with E-state index < -0.39 is 0 Å². The Labute approximate surface area is 141 Å². The van der Waals surface area contributed by atoms with Crippen molar-refractivity contribution in [3.8, 4) is 11.5 Å². The van der Waals surface area contributed by atoms with Crippen LogP contribution < -0.4 is 14.8 Å². The largest absolute Gasteiger partial charge is 0.495 e. The van der Waals surface area contributed by atoms with Crippen LogP contribution in [0.4, 0.5) is 5.69 Å². The second kappa shape index (κ2) is 9.19. The fourth-order valence-corrected chi connectivity index (χ4v) is 1.95. The van der Waals surface area contributed by atoms with E-state index in [9.17, 15) is 4.79 Å². The molecule has 0 unspecified atom stereocenters. The minimum Gasteiger partial charge on any atom is -0.495 e. The van der Waals surface area contributed by atoms with Crippen molar-refractivity contribution >= 4 is 17.8 Å². The van der Waals surface area contributed by atoms with Gasteiger partial charge in [0.15, 0.2) is 6.61 Å². The number of ether oxygens (including phenoxy) is 2. The molecule has 0 aliphatic rings. The zero-order chi connectivity index (χ0) is 17.2. The Balaban J connectivity index is 1.79. The maximum atomic E-state index is 11.8. The Hall–Kier alpha value is -3.02. The maximum absolute atomic E-state index is 11.8. The summed E-state index contributed by atoms with van der Waals surface area (Å²) in [4.78, 5) is 16.8. The van der Waals surface area contributed by atoms with Crippen molar-refractivity contribution in [2.24, 2.45) is 5.16 Å². The molecule has 0 spiro atoms. The van der Waals surface area contributed by atoms with Crippen LogP contribution in [-0.4, -0.2) is 32.4 Å². The molecule has 0 atom stereocenters. The van der Waals surface area contributed by atoms with Crippen LogP contribution in [-0.2, 0) is 9.63 Å². The standard InChI is InChI=1S/C18H20N2O4/c1-3-23-15-10-8-14(9-11-15)12-19-24-13-18(21)20-16-6-4-5-7-17(16)22-2/h4-12H,3,13H2,1-2H3,(H,20,21)/b19-12-. The summed E-state index contributed by atoms with van der Waals surface area (Å²) in [5.74, 6) is 1.07. The number of para-hydroxylation sites is 2. The summed E-state index contributed by atoms with van der Waals surface area (Å²) >= 11 is 0. The summed E-state index contributed by atoms with van der Waals surface area (Å²) in [6.07, 6.45) is 1.53. The number of hydrogen-bond donors (Lipinski definition) is 1. The van der Waals surface area contributed by atoms with E-state index in [2.05, 4.69) is 10.5 Å². The summed E-state index contributed by atoms with van der Waals surface area (Å²) in [6, 6.07) is 14.5. The van der Waals surface area contributed by atoms with Crippen molar-refractivity contribution in [1.29, 1.82) is 0 Å². The Morgan fingerprint density at radius 2 is 1.92 bits per heavy atom. The highest BCUT2D eigenvalue weighted by Crippen LogP contribution is 2.22. The molecule has 126 valence electrons. The van der Waals surface area contributed by atoms with Crippen LogP contribution in [0.1, 0.15) is 12.5 Å². The van der Waals surface area contributed by atoms with Crippen molar-refractivity contribution in [2.45, 2.75) is 6.92 Å². The van der Waals surface area contributed by atoms with E-state index in [1.54, 1.807) is 19.2 Å². The van der Waals surface area contributed by atoms with Crippen LogP contribution in [0.3, 0.4) is 0 Å². The molecule has 0 aromatic heterocycles. The lowest BCUT2D eigenvalue weighted by molar-refractivity contribution is -0.120. The molecule has 1 N–H and O–H groups in total. The van der Waals surface area contributed by atoms with E-state index in [1.165, 1.54) is 6.21 Å². The minimum atomic E-state index is -0.316. The Bertz CT molecular complexity index is 684. The number of benzene rings is 2. The predicted molar refractivity (Wildman–Crippen MR) is 92.8 cm³/mol. The Morgan fingerprint density at radius 1 is 1.17 bits per heavy atom. The first-order valence-electron chi connectivity index (χ1n) is 7.54. The smallest absolute Gasteiger partial charge is 0.265 e. The van der Waals surface area contributed by atoms with Gasteiger partial charge in [-0.1, -0.05) is 17.3 Å². The molecule has 0 aliphatic carbocycles. The first kappa shape index (κ1) is 17.3. The first-order chi connectivity index (χ1) is 11.7. The molecule has 1 amide bonds. The highest BCUT2D eigenvalue weighted by atomic mass is 16.6. The quantitative estimate of drug-likeness (QED) is 0.597. The predicted octanol–water partition coefficient (Wildman–Crippen LogP) is 3.08. The third kappa shape index (κ3) is 5.31. The topological polar surface area (TPSA) is 69.2 Å². The zero-order valence-electron chi connectivity index (χ0n) is 13.7. The van der Waals surface area contributed by atoms with Crippen LogP contribution in [0.5, 0.6) is 11.5 Å². The summed E-state index contributed by atoms with van der Waals surface area (Å²) < 4.78 is 10.5. The van der Waals surface area contributed by atoms with Gasteiger partial charge in [0.05, 0.1) is 25.6 Å². The number of hydrogen-bond acceptors (Lipinski definition) is 5. The minimum absolute atomic E-state index is 0.189. The average molecular weight is 328 g/mol. The molecule has 2 aromatic carbocycles. The average Bonchev–Trinajstić information content (AvgIpc) is 2.61. The number of oxime groups is 1. The monoisotopic (exact) mass is 328 g/mol. The highest BCUT2D eigenvalue weighted by molar-refractivity contribution is 5.93. The van der Waals surface area contributed by atoms with Gasteiger partial charge in [-0.05, 0) is 48.9 Å². The summed E-state index contributed by atoms with van der Waals surface area (Å²) in [7, 11) is 1.54. The number of nitrogens with zero attached hydrogens (tertiary/aromatic N) is 1. The molecule has 2 rings (SSSR count). The third-order valence-corrected chi connectivity index (χ3v) is 3.04. The summed E-state index contributed by atoms with van der Waals surface area (Å²) in [6.45, 7) is 2.36. The lowest BCUT2D eigenvalue weighted by Gasteiger charge is -2.08. The number of amides is 1. The molecular formula is C18H20N2O4. The van der Waals surface area contributed by atoms with Crippen LogP contribution in [0, 0.1) is 0 Å². The van der Waals surface area contributed by atoms with Crippen LogP contribution in [0.25, 0.3) is 0 Å². The molecular weight excluding hydrogens is 308 g/mol. The highest BCUT2D eigenvalue weighted by Gasteiger charge is 2.06. The SMILES string of the molecule is CCOc1ccc(/C=N\OCC(=O)Nc2ccccc2OC)cc1. The van der Waals surface area contributed by atoms with E-state index in [0.717, 1.165) is 11.3 Å². The lowest BCUT2D eigenvalue weighted by Crippen LogP contribution is -2.17. The number of nitrogens with one attached hydrogen (secondary N) is 1. The van der Waals surface area contributed by atoms with Gasteiger partial charge in [-0.25, -0.2) is 0 Å². The number of carbonyl (C=O) groups excluding carboxylic acids is 1. The molecule has 24 heavy (non-hydrogen) atoms. The number of rotatable bonds is 8. The lowest BCUT2D eigenvalue weighted by atomic mass is 10.2. The second-order valence-corrected chi connectivity index (χ2v) is 4.76. The summed E-state index contributed by atoms with van der Waals surface area (Å²) in [5, 5.41) is 6.49. The molecule has 0 saturated carbocycles. The van der Waals surface area contributed by atoms with E-state index in [4.69, 9.17) is 14.3 Å². The molecule has 0 radical (unpaired) electrons. The van der Waals surface area contributed by atoms with Crippen molar-refractivity contribution < 1.29 is 19.1 Å². The van der Waals surface area contributed by atoms with Crippen molar-refractivity contribution in [3.05, 3.63) is 54.1 Å². The van der Waals surface area contributed by atoms with Gasteiger partial charge in [-0.2, -0.15) is 0 Å². The second-order valence-electron chi connectivity index (χ2n) is 4.76. The van der Waals surface area contributed by atoms with Crippen LogP contribution in [0.2, 0.25) is 0 Å². The van der Waals surface area contributed by atoms with E-state index in [0.29, 0.717) is 18.0 Å². The third-order valence-electron chi connectivity index (χ3n) is 3.04. The van der Waals surface area contributed by atoms with Crippen molar-refractivity contribution in [3.63, 3.8) is 0 Å². The van der Waals surface area contributed by atoms with Gasteiger partial charge in [0, 0.05) is 0 Å². The molecule has 6 heteroatoms. The summed E-state index contributed by atoms with van der Waals surface area (Å²) in [5.41, 5.74) is 1.44. The van der Waals surface area contributed by atoms with Gasteiger partial charge in [0.2, 0.25) is 0 Å². The van der Waals surface area contributed by atoms with Gasteiger partial charge in [-0.15, -0.1) is 0 Å². The fraction of sp³-hybridized carbons (Fsp3) is 0.222. The Morgan fingerprint density at radius 3 is 2.62 bits per heavy atom. The van der Waals surface area contributed by atoms with Gasteiger partial charge in [0.1, 0.15) is 11.5 Å². The van der Waals surface area contributed by atoms with E-state index >= 15 is 0 Å². The van der Waals surface area contributed by atoms with Crippen molar-refractivity contribution in [1.82, 2.24) is 0 Å².